The molecule has 3 heterocycles. The minimum Gasteiger partial charge on any atom is -0.506 e. The maximum absolute atomic E-state index is 11.9. The van der Waals surface area contributed by atoms with Gasteiger partial charge in [0.25, 0.3) is 0 Å². The number of carbonyl (C=O) groups excluding carboxylic acids is 6. The third-order valence-electron chi connectivity index (χ3n) is 5.10. The van der Waals surface area contributed by atoms with Gasteiger partial charge in [0.05, 0.1) is 0 Å². The van der Waals surface area contributed by atoms with Crippen LogP contribution in [-0.4, -0.2) is 77.9 Å². The lowest BCUT2D eigenvalue weighted by atomic mass is 9.98. The summed E-state index contributed by atoms with van der Waals surface area (Å²) in [6, 6.07) is 3.04. The molecule has 0 radical (unpaired) electrons. The smallest absolute Gasteiger partial charge is 0.303 e. The topological polar surface area (TPSA) is 178 Å². The van der Waals surface area contributed by atoms with Crippen LogP contribution in [0.4, 0.5) is 0 Å². The van der Waals surface area contributed by atoms with Crippen molar-refractivity contribution in [2.75, 3.05) is 6.61 Å². The predicted octanol–water partition coefficient (Wildman–Crippen LogP) is 3.07. The van der Waals surface area contributed by atoms with Crippen LogP contribution in [0.3, 0.4) is 0 Å². The van der Waals surface area contributed by atoms with Gasteiger partial charge in [-0.1, -0.05) is 0 Å². The van der Waals surface area contributed by atoms with E-state index in [1.165, 1.54) is 44.2 Å². The second-order valence-corrected chi connectivity index (χ2v) is 10.4. The number of hydrogen-bond acceptors (Lipinski definition) is 15. The summed E-state index contributed by atoms with van der Waals surface area (Å²) >= 11 is 2.39. The molecule has 15 heteroatoms. The summed E-state index contributed by atoms with van der Waals surface area (Å²) in [5, 5.41) is 12.2. The molecular weight excluding hydrogens is 584 g/mol. The molecule has 5 unspecified atom stereocenters. The molecule has 0 aromatic carbocycles. The molecule has 2 aromatic heterocycles. The molecule has 13 nitrogen and oxygen atoms in total. The Morgan fingerprint density at radius 3 is 1.71 bits per heavy atom. The number of carbonyl (C=O) groups is 6. The zero-order valence-electron chi connectivity index (χ0n) is 23.1. The Balaban J connectivity index is 0.000000553. The average molecular weight is 615 g/mol. The molecule has 5 atom stereocenters. The zero-order chi connectivity index (χ0) is 30.9. The van der Waals surface area contributed by atoms with Gasteiger partial charge in [-0.15, -0.1) is 22.7 Å². The van der Waals surface area contributed by atoms with Gasteiger partial charge in [-0.05, 0) is 22.9 Å². The normalized spacial score (nSPS) is 21.4. The van der Waals surface area contributed by atoms with Crippen LogP contribution >= 0.6 is 22.7 Å². The first-order chi connectivity index (χ1) is 19.2. The summed E-state index contributed by atoms with van der Waals surface area (Å²) in [6.45, 7) is 6.96. The van der Waals surface area contributed by atoms with Crippen molar-refractivity contribution in [1.82, 2.24) is 0 Å². The van der Waals surface area contributed by atoms with E-state index < -0.39 is 54.6 Å². The maximum Gasteiger partial charge on any atom is 0.303 e. The van der Waals surface area contributed by atoms with Gasteiger partial charge in [-0.25, -0.2) is 0 Å². The second-order valence-electron chi connectivity index (χ2n) is 8.55. The lowest BCUT2D eigenvalue weighted by Crippen LogP contribution is -2.63. The summed E-state index contributed by atoms with van der Waals surface area (Å²) in [6.07, 6.45) is -6.52. The van der Waals surface area contributed by atoms with E-state index in [1.54, 1.807) is 10.8 Å². The monoisotopic (exact) mass is 614 g/mol. The summed E-state index contributed by atoms with van der Waals surface area (Å²) in [7, 11) is 0. The highest BCUT2D eigenvalue weighted by atomic mass is 32.1. The first-order valence-electron chi connectivity index (χ1n) is 12.0. The van der Waals surface area contributed by atoms with E-state index in [4.69, 9.17) is 33.5 Å². The zero-order valence-corrected chi connectivity index (χ0v) is 24.7. The van der Waals surface area contributed by atoms with Crippen LogP contribution in [0, 0.1) is 0 Å². The third kappa shape index (κ3) is 9.95. The molecule has 3 rings (SSSR count). The van der Waals surface area contributed by atoms with Crippen LogP contribution < -0.4 is 4.74 Å². The van der Waals surface area contributed by atoms with Crippen molar-refractivity contribution < 1.29 is 62.3 Å². The van der Waals surface area contributed by atoms with E-state index in [0.717, 1.165) is 32.1 Å². The number of hydrogen-bond donors (Lipinski definition) is 1. The Bertz CT molecular complexity index is 1260. The minimum absolute atomic E-state index is 0.0810. The highest BCUT2D eigenvalue weighted by molar-refractivity contribution is 7.12. The van der Waals surface area contributed by atoms with Crippen LogP contribution in [0.2, 0.25) is 0 Å². The van der Waals surface area contributed by atoms with Gasteiger partial charge in [0.15, 0.2) is 23.8 Å². The Kier molecular flexibility index (Phi) is 12.4. The molecule has 1 fully saturated rings. The molecule has 1 aliphatic heterocycles. The van der Waals surface area contributed by atoms with Crippen LogP contribution in [0.15, 0.2) is 22.9 Å². The summed E-state index contributed by atoms with van der Waals surface area (Å²) in [5.74, 6) is -2.96. The third-order valence-corrected chi connectivity index (χ3v) is 7.11. The van der Waals surface area contributed by atoms with Crippen molar-refractivity contribution in [3.05, 3.63) is 32.6 Å². The summed E-state index contributed by atoms with van der Waals surface area (Å²) < 4.78 is 32.6. The Hall–Kier alpha value is -3.82. The first-order valence-corrected chi connectivity index (χ1v) is 13.8. The van der Waals surface area contributed by atoms with Crippen LogP contribution in [0.1, 0.15) is 60.9 Å². The number of Topliss-reactive ketones (excluding diaryl/α,β-unsaturated/α-hetero) is 2. The van der Waals surface area contributed by atoms with Gasteiger partial charge in [0, 0.05) is 41.5 Å². The van der Waals surface area contributed by atoms with Gasteiger partial charge in [-0.3, -0.25) is 28.8 Å². The molecule has 0 saturated carbocycles. The number of thiophene rings is 2. The highest BCUT2D eigenvalue weighted by Crippen LogP contribution is 2.33. The summed E-state index contributed by atoms with van der Waals surface area (Å²) in [4.78, 5) is 69.8. The molecule has 41 heavy (non-hydrogen) atoms. The van der Waals surface area contributed by atoms with Crippen molar-refractivity contribution in [2.24, 2.45) is 0 Å². The molecular formula is C26H30O13S2. The predicted molar refractivity (Wildman–Crippen MR) is 143 cm³/mol. The van der Waals surface area contributed by atoms with Gasteiger partial charge < -0.3 is 33.5 Å². The van der Waals surface area contributed by atoms with Crippen LogP contribution in [0.5, 0.6) is 11.5 Å². The number of ketones is 2. The average Bonchev–Trinajstić information content (AvgIpc) is 3.50. The molecule has 1 aliphatic rings. The Labute approximate surface area is 243 Å². The van der Waals surface area contributed by atoms with E-state index in [0.29, 0.717) is 4.88 Å². The Morgan fingerprint density at radius 2 is 1.24 bits per heavy atom. The van der Waals surface area contributed by atoms with Crippen molar-refractivity contribution in [3.8, 4) is 11.5 Å². The van der Waals surface area contributed by atoms with Gasteiger partial charge in [-0.2, -0.15) is 0 Å². The number of aromatic hydroxyl groups is 1. The van der Waals surface area contributed by atoms with Crippen molar-refractivity contribution in [2.45, 2.75) is 72.2 Å². The molecule has 0 bridgehead atoms. The fourth-order valence-corrected chi connectivity index (χ4v) is 5.04. The van der Waals surface area contributed by atoms with Crippen molar-refractivity contribution in [1.29, 1.82) is 0 Å². The summed E-state index contributed by atoms with van der Waals surface area (Å²) in [5.41, 5.74) is 0. The number of ether oxygens (including phenoxy) is 6. The lowest BCUT2D eigenvalue weighted by Gasteiger charge is -2.43. The van der Waals surface area contributed by atoms with Gasteiger partial charge in [0.2, 0.25) is 12.4 Å². The standard InChI is InChI=1S/C20H24O11S.C6H6O2S/c1-9(21)19-14(6-7-32-19)30-20-18(29-13(5)25)17(28-12(4)24)16(27-11(3)23)15(31-20)8-26-10(2)22;1-4(7)6-5(8)2-3-9-6/h6-7,15-18,20H,8H2,1-5H3;2-3,8H,1H3. The number of rotatable bonds is 9. The van der Waals surface area contributed by atoms with E-state index in [1.807, 2.05) is 0 Å². The highest BCUT2D eigenvalue weighted by Gasteiger charge is 2.53. The molecule has 224 valence electrons. The SMILES string of the molecule is CC(=O)OCC1OC(Oc2ccsc2C(C)=O)C(OC(C)=O)C(OC(C)=O)C1OC(C)=O.CC(=O)c1sccc1O. The molecule has 0 amide bonds. The van der Waals surface area contributed by atoms with Crippen LogP contribution in [0.25, 0.3) is 0 Å². The molecule has 2 aromatic rings. The Morgan fingerprint density at radius 1 is 0.732 bits per heavy atom. The number of esters is 4. The molecule has 1 N–H and O–H groups in total. The fourth-order valence-electron chi connectivity index (χ4n) is 3.62. The lowest BCUT2D eigenvalue weighted by molar-refractivity contribution is -0.288. The van der Waals surface area contributed by atoms with E-state index in [-0.39, 0.29) is 34.5 Å². The fraction of sp³-hybridized carbons (Fsp3) is 0.462. The second kappa shape index (κ2) is 15.3. The molecule has 0 spiro atoms. The molecule has 0 aliphatic carbocycles. The van der Waals surface area contributed by atoms with Crippen molar-refractivity contribution in [3.63, 3.8) is 0 Å². The van der Waals surface area contributed by atoms with Crippen LogP contribution in [-0.2, 0) is 42.9 Å². The van der Waals surface area contributed by atoms with Gasteiger partial charge in [0.1, 0.15) is 34.0 Å². The van der Waals surface area contributed by atoms with E-state index in [9.17, 15) is 28.8 Å². The quantitative estimate of drug-likeness (QED) is 0.248. The first kappa shape index (κ1) is 33.4. The van der Waals surface area contributed by atoms with Gasteiger partial charge >= 0.3 is 23.9 Å². The maximum atomic E-state index is 11.9. The van der Waals surface area contributed by atoms with Crippen molar-refractivity contribution >= 4 is 58.1 Å². The largest absolute Gasteiger partial charge is 0.506 e. The molecule has 1 saturated heterocycles. The minimum atomic E-state index is -1.39. The van der Waals surface area contributed by atoms with E-state index in [2.05, 4.69) is 0 Å². The van der Waals surface area contributed by atoms with E-state index >= 15 is 0 Å².